The number of carbonyl (C=O) groups is 1. The summed E-state index contributed by atoms with van der Waals surface area (Å²) in [6, 6.07) is 14.9. The fraction of sp³-hybridized carbons (Fsp3) is 0.136. The maximum absolute atomic E-state index is 12.6. The van der Waals surface area contributed by atoms with Crippen molar-refractivity contribution in [2.45, 2.75) is 25.7 Å². The van der Waals surface area contributed by atoms with Gasteiger partial charge in [-0.05, 0) is 45.0 Å². The normalized spacial score (nSPS) is 11.3. The van der Waals surface area contributed by atoms with Gasteiger partial charge in [-0.25, -0.2) is 13.1 Å². The Balaban J connectivity index is 1.45. The van der Waals surface area contributed by atoms with Crippen molar-refractivity contribution < 1.29 is 22.3 Å². The minimum absolute atomic E-state index is 0.00652. The van der Waals surface area contributed by atoms with E-state index in [1.165, 1.54) is 24.3 Å². The van der Waals surface area contributed by atoms with E-state index in [1.807, 2.05) is 31.2 Å². The summed E-state index contributed by atoms with van der Waals surface area (Å²) in [5.41, 5.74) is 3.63. The summed E-state index contributed by atoms with van der Waals surface area (Å²) in [6.07, 6.45) is 0. The van der Waals surface area contributed by atoms with Crippen LogP contribution >= 0.6 is 0 Å². The summed E-state index contributed by atoms with van der Waals surface area (Å²) >= 11 is 0. The minimum Gasteiger partial charge on any atom is -0.355 e. The Labute approximate surface area is 184 Å². The Morgan fingerprint density at radius 2 is 1.59 bits per heavy atom. The zero-order valence-corrected chi connectivity index (χ0v) is 18.4. The molecule has 0 atom stereocenters. The number of hydrogen-bond acceptors (Lipinski definition) is 7. The van der Waals surface area contributed by atoms with Crippen molar-refractivity contribution in [1.29, 1.82) is 0 Å². The molecule has 0 spiro atoms. The average Bonchev–Trinajstić information content (AvgIpc) is 3.38. The van der Waals surface area contributed by atoms with E-state index in [0.717, 1.165) is 11.1 Å². The van der Waals surface area contributed by atoms with Gasteiger partial charge in [-0.3, -0.25) is 4.79 Å². The van der Waals surface area contributed by atoms with Crippen LogP contribution in [0.15, 0.2) is 68.5 Å². The van der Waals surface area contributed by atoms with Crippen LogP contribution in [0.1, 0.15) is 27.3 Å². The molecular formula is C22H20N4O5S. The number of anilines is 2. The largest absolute Gasteiger partial charge is 0.355 e. The number of nitrogens with one attached hydrogen (secondary N) is 2. The molecule has 2 heterocycles. The van der Waals surface area contributed by atoms with Crippen LogP contribution in [-0.2, 0) is 10.0 Å². The van der Waals surface area contributed by atoms with Gasteiger partial charge in [0.1, 0.15) is 0 Å². The zero-order chi connectivity index (χ0) is 22.9. The van der Waals surface area contributed by atoms with Crippen LogP contribution in [0.3, 0.4) is 0 Å². The SMILES string of the molecule is Cc1ccc(-c2cc(C(=O)Nc3ccc(S(=O)(=O)Nc4onc(C)c4C)cc3)no2)cc1. The van der Waals surface area contributed by atoms with E-state index in [9.17, 15) is 13.2 Å². The lowest BCUT2D eigenvalue weighted by Gasteiger charge is -2.07. The molecule has 1 amide bonds. The van der Waals surface area contributed by atoms with E-state index in [4.69, 9.17) is 9.05 Å². The molecule has 0 fully saturated rings. The number of rotatable bonds is 6. The molecule has 2 N–H and O–H groups in total. The number of hydrogen-bond donors (Lipinski definition) is 2. The first-order valence-electron chi connectivity index (χ1n) is 9.64. The van der Waals surface area contributed by atoms with Gasteiger partial charge in [-0.2, -0.15) is 0 Å². The van der Waals surface area contributed by atoms with Crippen LogP contribution in [0.5, 0.6) is 0 Å². The Kier molecular flexibility index (Phi) is 5.54. The van der Waals surface area contributed by atoms with Crippen molar-refractivity contribution in [3.63, 3.8) is 0 Å². The van der Waals surface area contributed by atoms with Crippen molar-refractivity contribution in [2.24, 2.45) is 0 Å². The Hall–Kier alpha value is -3.92. The molecule has 164 valence electrons. The Morgan fingerprint density at radius 1 is 0.906 bits per heavy atom. The van der Waals surface area contributed by atoms with Crippen LogP contribution in [0.2, 0.25) is 0 Å². The second-order valence-electron chi connectivity index (χ2n) is 7.25. The average molecular weight is 452 g/mol. The van der Waals surface area contributed by atoms with Crippen molar-refractivity contribution in [3.05, 3.63) is 77.1 Å². The van der Waals surface area contributed by atoms with Gasteiger partial charge >= 0.3 is 0 Å². The first kappa shape index (κ1) is 21.3. The Bertz CT molecular complexity index is 1370. The highest BCUT2D eigenvalue weighted by atomic mass is 32.2. The van der Waals surface area contributed by atoms with Gasteiger partial charge in [0, 0.05) is 22.9 Å². The van der Waals surface area contributed by atoms with Crippen molar-refractivity contribution in [3.8, 4) is 11.3 Å². The van der Waals surface area contributed by atoms with Crippen molar-refractivity contribution in [1.82, 2.24) is 10.3 Å². The molecule has 0 aliphatic heterocycles. The fourth-order valence-corrected chi connectivity index (χ4v) is 3.89. The predicted octanol–water partition coefficient (Wildman–Crippen LogP) is 4.31. The number of amides is 1. The van der Waals surface area contributed by atoms with Crippen LogP contribution < -0.4 is 10.0 Å². The minimum atomic E-state index is -3.87. The molecule has 0 bridgehead atoms. The summed E-state index contributed by atoms with van der Waals surface area (Å²) in [5, 5.41) is 10.2. The van der Waals surface area contributed by atoms with Gasteiger partial charge in [0.2, 0.25) is 5.88 Å². The van der Waals surface area contributed by atoms with Crippen molar-refractivity contribution >= 4 is 27.5 Å². The summed E-state index contributed by atoms with van der Waals surface area (Å²) in [4.78, 5) is 12.5. The summed E-state index contributed by atoms with van der Waals surface area (Å²) in [6.45, 7) is 5.40. The highest BCUT2D eigenvalue weighted by Gasteiger charge is 2.20. The number of benzene rings is 2. The summed E-state index contributed by atoms with van der Waals surface area (Å²) in [7, 11) is -3.87. The molecule has 0 radical (unpaired) electrons. The van der Waals surface area contributed by atoms with Crippen LogP contribution in [0, 0.1) is 20.8 Å². The third-order valence-corrected chi connectivity index (χ3v) is 6.23. The summed E-state index contributed by atoms with van der Waals surface area (Å²) < 4.78 is 37.8. The summed E-state index contributed by atoms with van der Waals surface area (Å²) in [5.74, 6) is 0.0597. The smallest absolute Gasteiger partial charge is 0.277 e. The molecule has 2 aromatic heterocycles. The van der Waals surface area contributed by atoms with Gasteiger partial charge in [0.25, 0.3) is 15.9 Å². The highest BCUT2D eigenvalue weighted by molar-refractivity contribution is 7.92. The van der Waals surface area contributed by atoms with E-state index in [1.54, 1.807) is 19.9 Å². The van der Waals surface area contributed by atoms with E-state index in [0.29, 0.717) is 22.7 Å². The second kappa shape index (κ2) is 8.31. The maximum Gasteiger partial charge on any atom is 0.277 e. The third-order valence-electron chi connectivity index (χ3n) is 4.89. The lowest BCUT2D eigenvalue weighted by atomic mass is 10.1. The number of sulfonamides is 1. The fourth-order valence-electron chi connectivity index (χ4n) is 2.84. The molecule has 4 aromatic rings. The maximum atomic E-state index is 12.6. The van der Waals surface area contributed by atoms with Gasteiger partial charge in [0.05, 0.1) is 10.6 Å². The number of nitrogens with zero attached hydrogens (tertiary/aromatic N) is 2. The quantitative estimate of drug-likeness (QED) is 0.446. The molecule has 0 aliphatic carbocycles. The molecule has 2 aromatic carbocycles. The van der Waals surface area contributed by atoms with Crippen LogP contribution in [0.25, 0.3) is 11.3 Å². The first-order chi connectivity index (χ1) is 15.2. The lowest BCUT2D eigenvalue weighted by Crippen LogP contribution is -2.14. The second-order valence-corrected chi connectivity index (χ2v) is 8.93. The predicted molar refractivity (Wildman–Crippen MR) is 118 cm³/mol. The third kappa shape index (κ3) is 4.40. The zero-order valence-electron chi connectivity index (χ0n) is 17.5. The highest BCUT2D eigenvalue weighted by Crippen LogP contribution is 2.24. The van der Waals surface area contributed by atoms with E-state index < -0.39 is 15.9 Å². The molecule has 9 nitrogen and oxygen atoms in total. The van der Waals surface area contributed by atoms with Crippen LogP contribution in [-0.4, -0.2) is 24.6 Å². The molecule has 0 saturated carbocycles. The van der Waals surface area contributed by atoms with Gasteiger partial charge in [-0.15, -0.1) is 0 Å². The molecule has 0 aliphatic rings. The molecular weight excluding hydrogens is 432 g/mol. The first-order valence-corrected chi connectivity index (χ1v) is 11.1. The Morgan fingerprint density at radius 3 is 2.22 bits per heavy atom. The van der Waals surface area contributed by atoms with Crippen LogP contribution in [0.4, 0.5) is 11.6 Å². The molecule has 4 rings (SSSR count). The topological polar surface area (TPSA) is 127 Å². The standard InChI is InChI=1S/C22H20N4O5S/c1-13-4-6-16(7-5-13)20-12-19(25-30-20)21(27)23-17-8-10-18(11-9-17)32(28,29)26-22-14(2)15(3)24-31-22/h4-12,26H,1-3H3,(H,23,27). The van der Waals surface area contributed by atoms with Gasteiger partial charge < -0.3 is 14.4 Å². The van der Waals surface area contributed by atoms with E-state index >= 15 is 0 Å². The van der Waals surface area contributed by atoms with E-state index in [-0.39, 0.29) is 16.5 Å². The van der Waals surface area contributed by atoms with Gasteiger partial charge in [-0.1, -0.05) is 40.1 Å². The van der Waals surface area contributed by atoms with Crippen molar-refractivity contribution in [2.75, 3.05) is 10.0 Å². The molecule has 0 saturated heterocycles. The van der Waals surface area contributed by atoms with E-state index in [2.05, 4.69) is 20.4 Å². The number of aryl methyl sites for hydroxylation is 2. The molecule has 0 unspecified atom stereocenters. The lowest BCUT2D eigenvalue weighted by molar-refractivity contribution is 0.101. The monoisotopic (exact) mass is 452 g/mol. The molecule has 32 heavy (non-hydrogen) atoms. The van der Waals surface area contributed by atoms with Gasteiger partial charge in [0.15, 0.2) is 11.5 Å². The number of aromatic nitrogens is 2. The molecule has 10 heteroatoms. The number of carbonyl (C=O) groups excluding carboxylic acids is 1.